The van der Waals surface area contributed by atoms with Crippen molar-refractivity contribution in [3.63, 3.8) is 0 Å². The number of carbonyl (C=O) groups is 1. The van der Waals surface area contributed by atoms with Crippen LogP contribution in [0.1, 0.15) is 12.0 Å². The summed E-state index contributed by atoms with van der Waals surface area (Å²) in [5.41, 5.74) is 3.07. The van der Waals surface area contributed by atoms with Gasteiger partial charge in [0, 0.05) is 43.3 Å². The number of methoxy groups -OCH3 is 1. The molecular weight excluding hydrogens is 354 g/mol. The van der Waals surface area contributed by atoms with Crippen molar-refractivity contribution in [3.8, 4) is 5.75 Å². The molecule has 2 heterocycles. The highest BCUT2D eigenvalue weighted by molar-refractivity contribution is 5.78. The first kappa shape index (κ1) is 18.2. The van der Waals surface area contributed by atoms with Crippen molar-refractivity contribution in [3.05, 3.63) is 60.4 Å². The van der Waals surface area contributed by atoms with E-state index in [-0.39, 0.29) is 6.03 Å². The fraction of sp³-hybridized carbons (Fsp3) is 0.318. The van der Waals surface area contributed by atoms with E-state index in [9.17, 15) is 4.79 Å². The van der Waals surface area contributed by atoms with E-state index in [0.29, 0.717) is 19.0 Å². The van der Waals surface area contributed by atoms with Gasteiger partial charge in [-0.15, -0.1) is 0 Å². The fourth-order valence-corrected chi connectivity index (χ4v) is 3.65. The number of carbonyl (C=O) groups excluding carboxylic acids is 1. The summed E-state index contributed by atoms with van der Waals surface area (Å²) >= 11 is 0. The summed E-state index contributed by atoms with van der Waals surface area (Å²) in [6.45, 7) is 3.09. The molecule has 0 saturated carbocycles. The zero-order valence-corrected chi connectivity index (χ0v) is 16.0. The summed E-state index contributed by atoms with van der Waals surface area (Å²) in [5, 5.41) is 6.97. The van der Waals surface area contributed by atoms with Crippen LogP contribution in [0.5, 0.6) is 5.75 Å². The number of hydrogen-bond acceptors (Lipinski definition) is 4. The zero-order chi connectivity index (χ0) is 19.3. The predicted molar refractivity (Wildman–Crippen MR) is 110 cm³/mol. The first-order valence-corrected chi connectivity index (χ1v) is 9.58. The monoisotopic (exact) mass is 379 g/mol. The number of furan rings is 1. The molecule has 0 aliphatic carbocycles. The van der Waals surface area contributed by atoms with Crippen molar-refractivity contribution < 1.29 is 13.9 Å². The SMILES string of the molecule is COc1cccc(N2CCC(CNC(=O)NCc3ccc4occc4c3)C2)c1. The number of hydrogen-bond donors (Lipinski definition) is 2. The third-order valence-electron chi connectivity index (χ3n) is 5.23. The number of benzene rings is 2. The van der Waals surface area contributed by atoms with Gasteiger partial charge in [-0.1, -0.05) is 12.1 Å². The van der Waals surface area contributed by atoms with E-state index < -0.39 is 0 Å². The summed E-state index contributed by atoms with van der Waals surface area (Å²) in [7, 11) is 1.68. The Balaban J connectivity index is 1.22. The maximum Gasteiger partial charge on any atom is 0.315 e. The minimum Gasteiger partial charge on any atom is -0.497 e. The second-order valence-corrected chi connectivity index (χ2v) is 7.16. The van der Waals surface area contributed by atoms with Gasteiger partial charge in [-0.05, 0) is 48.2 Å². The lowest BCUT2D eigenvalue weighted by Gasteiger charge is -2.19. The first-order valence-electron chi connectivity index (χ1n) is 9.58. The second-order valence-electron chi connectivity index (χ2n) is 7.16. The predicted octanol–water partition coefficient (Wildman–Crippen LogP) is 3.77. The summed E-state index contributed by atoms with van der Waals surface area (Å²) in [6.07, 6.45) is 2.74. The van der Waals surface area contributed by atoms with Gasteiger partial charge in [-0.25, -0.2) is 4.79 Å². The van der Waals surface area contributed by atoms with Gasteiger partial charge in [0.05, 0.1) is 13.4 Å². The largest absolute Gasteiger partial charge is 0.497 e. The second kappa shape index (κ2) is 8.25. The van der Waals surface area contributed by atoms with Gasteiger partial charge in [-0.2, -0.15) is 0 Å². The topological polar surface area (TPSA) is 66.7 Å². The summed E-state index contributed by atoms with van der Waals surface area (Å²) in [6, 6.07) is 15.8. The average Bonchev–Trinajstić information content (AvgIpc) is 3.39. The number of amides is 2. The molecule has 2 aromatic carbocycles. The number of fused-ring (bicyclic) bond motifs is 1. The summed E-state index contributed by atoms with van der Waals surface area (Å²) in [4.78, 5) is 14.5. The van der Waals surface area contributed by atoms with Crippen molar-refractivity contribution in [2.24, 2.45) is 5.92 Å². The van der Waals surface area contributed by atoms with Crippen molar-refractivity contribution >= 4 is 22.7 Å². The van der Waals surface area contributed by atoms with Crippen molar-refractivity contribution in [1.29, 1.82) is 0 Å². The molecule has 0 radical (unpaired) electrons. The highest BCUT2D eigenvalue weighted by Crippen LogP contribution is 2.26. The molecule has 1 unspecified atom stereocenters. The van der Waals surface area contributed by atoms with Gasteiger partial charge < -0.3 is 24.7 Å². The fourth-order valence-electron chi connectivity index (χ4n) is 3.65. The van der Waals surface area contributed by atoms with E-state index in [4.69, 9.17) is 9.15 Å². The van der Waals surface area contributed by atoms with E-state index >= 15 is 0 Å². The van der Waals surface area contributed by atoms with Crippen LogP contribution in [0.3, 0.4) is 0 Å². The first-order chi connectivity index (χ1) is 13.7. The van der Waals surface area contributed by atoms with Crippen LogP contribution in [-0.4, -0.2) is 32.8 Å². The molecule has 4 rings (SSSR count). The number of urea groups is 1. The highest BCUT2D eigenvalue weighted by atomic mass is 16.5. The molecule has 3 aromatic rings. The Kier molecular flexibility index (Phi) is 5.37. The molecule has 1 fully saturated rings. The quantitative estimate of drug-likeness (QED) is 0.684. The molecular formula is C22H25N3O3. The molecule has 28 heavy (non-hydrogen) atoms. The molecule has 1 aliphatic heterocycles. The summed E-state index contributed by atoms with van der Waals surface area (Å²) < 4.78 is 10.6. The molecule has 0 spiro atoms. The van der Waals surface area contributed by atoms with Gasteiger partial charge >= 0.3 is 6.03 Å². The van der Waals surface area contributed by atoms with Crippen LogP contribution in [0.25, 0.3) is 11.0 Å². The third kappa shape index (κ3) is 4.22. The third-order valence-corrected chi connectivity index (χ3v) is 5.23. The Hall–Kier alpha value is -3.15. The van der Waals surface area contributed by atoms with Crippen LogP contribution in [0.4, 0.5) is 10.5 Å². The van der Waals surface area contributed by atoms with Crippen LogP contribution in [0.2, 0.25) is 0 Å². The van der Waals surface area contributed by atoms with Crippen LogP contribution in [0.15, 0.2) is 59.2 Å². The van der Waals surface area contributed by atoms with Crippen molar-refractivity contribution in [2.45, 2.75) is 13.0 Å². The van der Waals surface area contributed by atoms with Crippen molar-refractivity contribution in [2.75, 3.05) is 31.6 Å². The van der Waals surface area contributed by atoms with Crippen LogP contribution >= 0.6 is 0 Å². The maximum absolute atomic E-state index is 12.2. The molecule has 0 bridgehead atoms. The minimum absolute atomic E-state index is 0.132. The zero-order valence-electron chi connectivity index (χ0n) is 16.0. The van der Waals surface area contributed by atoms with E-state index in [1.807, 2.05) is 36.4 Å². The molecule has 146 valence electrons. The number of ether oxygens (including phenoxy) is 1. The van der Waals surface area contributed by atoms with Gasteiger partial charge in [0.2, 0.25) is 0 Å². The standard InChI is InChI=1S/C22H25N3O3/c1-27-20-4-2-3-19(12-20)25-9-7-17(15-25)14-24-22(26)23-13-16-5-6-21-18(11-16)8-10-28-21/h2-6,8,10-12,17H,7,9,13-15H2,1H3,(H2,23,24,26). The lowest BCUT2D eigenvalue weighted by atomic mass is 10.1. The molecule has 6 nitrogen and oxygen atoms in total. The maximum atomic E-state index is 12.2. The minimum atomic E-state index is -0.132. The highest BCUT2D eigenvalue weighted by Gasteiger charge is 2.23. The Bertz CT molecular complexity index is 953. The summed E-state index contributed by atoms with van der Waals surface area (Å²) in [5.74, 6) is 1.31. The molecule has 2 N–H and O–H groups in total. The number of anilines is 1. The number of nitrogens with zero attached hydrogens (tertiary/aromatic N) is 1. The Labute approximate surface area is 164 Å². The smallest absolute Gasteiger partial charge is 0.315 e. The van der Waals surface area contributed by atoms with E-state index in [1.54, 1.807) is 13.4 Å². The van der Waals surface area contributed by atoms with Gasteiger partial charge in [-0.3, -0.25) is 0 Å². The molecule has 1 aromatic heterocycles. The normalized spacial score (nSPS) is 16.3. The van der Waals surface area contributed by atoms with Crippen LogP contribution in [-0.2, 0) is 6.54 Å². The lowest BCUT2D eigenvalue weighted by Crippen LogP contribution is -2.38. The van der Waals surface area contributed by atoms with Gasteiger partial charge in [0.25, 0.3) is 0 Å². The van der Waals surface area contributed by atoms with Gasteiger partial charge in [0.15, 0.2) is 0 Å². The molecule has 6 heteroatoms. The number of rotatable bonds is 6. The average molecular weight is 379 g/mol. The Morgan fingerprint density at radius 3 is 3.04 bits per heavy atom. The van der Waals surface area contributed by atoms with Gasteiger partial charge in [0.1, 0.15) is 11.3 Å². The van der Waals surface area contributed by atoms with Crippen LogP contribution < -0.4 is 20.3 Å². The van der Waals surface area contributed by atoms with Crippen molar-refractivity contribution in [1.82, 2.24) is 10.6 Å². The Morgan fingerprint density at radius 2 is 2.14 bits per heavy atom. The molecule has 1 saturated heterocycles. The molecule has 1 atom stereocenters. The van der Waals surface area contributed by atoms with E-state index in [2.05, 4.69) is 27.7 Å². The van der Waals surface area contributed by atoms with E-state index in [0.717, 1.165) is 41.8 Å². The number of nitrogens with one attached hydrogen (secondary N) is 2. The van der Waals surface area contributed by atoms with E-state index in [1.165, 1.54) is 5.69 Å². The van der Waals surface area contributed by atoms with Crippen LogP contribution in [0, 0.1) is 5.92 Å². The lowest BCUT2D eigenvalue weighted by molar-refractivity contribution is 0.239. The molecule has 1 aliphatic rings. The molecule has 2 amide bonds. The Morgan fingerprint density at radius 1 is 1.21 bits per heavy atom.